The average molecular weight is 226 g/mol. The summed E-state index contributed by atoms with van der Waals surface area (Å²) in [6.07, 6.45) is 4.60. The number of carbonyl (C=O) groups is 1. The summed E-state index contributed by atoms with van der Waals surface area (Å²) in [5, 5.41) is 0. The van der Waals surface area contributed by atoms with Crippen LogP contribution < -0.4 is 0 Å². The molecule has 0 amide bonds. The Morgan fingerprint density at radius 2 is 2.00 bits per heavy atom. The van der Waals surface area contributed by atoms with Crippen LogP contribution in [0.1, 0.15) is 23.7 Å². The van der Waals surface area contributed by atoms with Gasteiger partial charge < -0.3 is 0 Å². The Kier molecular flexibility index (Phi) is 4.55. The second kappa shape index (κ2) is 5.47. The normalized spacial score (nSPS) is 10.2. The van der Waals surface area contributed by atoms with Gasteiger partial charge in [-0.15, -0.1) is 23.5 Å². The van der Waals surface area contributed by atoms with Crippen LogP contribution in [-0.2, 0) is 0 Å². The lowest BCUT2D eigenvalue weighted by atomic mass is 10.1. The van der Waals surface area contributed by atoms with Crippen molar-refractivity contribution in [3.63, 3.8) is 0 Å². The molecule has 0 unspecified atom stereocenters. The van der Waals surface area contributed by atoms with Gasteiger partial charge in [0.15, 0.2) is 5.78 Å². The Morgan fingerprint density at radius 3 is 2.50 bits per heavy atom. The van der Waals surface area contributed by atoms with Crippen LogP contribution in [0.25, 0.3) is 0 Å². The average Bonchev–Trinajstić information content (AvgIpc) is 2.27. The first-order valence-corrected chi connectivity index (χ1v) is 6.93. The summed E-state index contributed by atoms with van der Waals surface area (Å²) in [4.78, 5) is 13.9. The van der Waals surface area contributed by atoms with Crippen molar-refractivity contribution in [1.29, 1.82) is 0 Å². The van der Waals surface area contributed by atoms with E-state index in [0.29, 0.717) is 6.42 Å². The Bertz CT molecular complexity index is 334. The number of hydrogen-bond acceptors (Lipinski definition) is 3. The number of ketones is 1. The van der Waals surface area contributed by atoms with Crippen LogP contribution in [0.5, 0.6) is 0 Å². The van der Waals surface area contributed by atoms with Gasteiger partial charge in [0.1, 0.15) is 0 Å². The zero-order valence-corrected chi connectivity index (χ0v) is 10.3. The van der Waals surface area contributed by atoms with Gasteiger partial charge in [-0.2, -0.15) is 0 Å². The zero-order valence-electron chi connectivity index (χ0n) is 8.66. The number of carbonyl (C=O) groups excluding carboxylic acids is 1. The van der Waals surface area contributed by atoms with E-state index in [-0.39, 0.29) is 5.78 Å². The Balaban J connectivity index is 3.14. The minimum atomic E-state index is 0.227. The van der Waals surface area contributed by atoms with Crippen molar-refractivity contribution < 1.29 is 4.79 Å². The molecule has 76 valence electrons. The van der Waals surface area contributed by atoms with E-state index in [1.54, 1.807) is 23.5 Å². The first kappa shape index (κ1) is 11.7. The highest BCUT2D eigenvalue weighted by molar-refractivity contribution is 7.99. The minimum absolute atomic E-state index is 0.227. The molecule has 1 aromatic rings. The SMILES string of the molecule is CCC(=O)c1cc(SC)ccc1SC. The Labute approximate surface area is 93.7 Å². The van der Waals surface area contributed by atoms with Crippen molar-refractivity contribution in [2.75, 3.05) is 12.5 Å². The molecule has 0 heterocycles. The lowest BCUT2D eigenvalue weighted by Crippen LogP contribution is -1.98. The molecule has 0 aromatic heterocycles. The molecule has 0 fully saturated rings. The smallest absolute Gasteiger partial charge is 0.163 e. The van der Waals surface area contributed by atoms with E-state index in [2.05, 4.69) is 6.07 Å². The number of hydrogen-bond donors (Lipinski definition) is 0. The molecule has 3 heteroatoms. The van der Waals surface area contributed by atoms with Crippen LogP contribution in [-0.4, -0.2) is 18.3 Å². The zero-order chi connectivity index (χ0) is 10.6. The summed E-state index contributed by atoms with van der Waals surface area (Å²) < 4.78 is 0. The lowest BCUT2D eigenvalue weighted by Gasteiger charge is -2.06. The maximum absolute atomic E-state index is 11.6. The summed E-state index contributed by atoms with van der Waals surface area (Å²) in [6, 6.07) is 6.07. The fraction of sp³-hybridized carbons (Fsp3) is 0.364. The van der Waals surface area contributed by atoms with Crippen molar-refractivity contribution in [2.45, 2.75) is 23.1 Å². The van der Waals surface area contributed by atoms with Crippen LogP contribution in [0.15, 0.2) is 28.0 Å². The quantitative estimate of drug-likeness (QED) is 0.575. The van der Waals surface area contributed by atoms with Gasteiger partial charge in [0, 0.05) is 21.8 Å². The van der Waals surface area contributed by atoms with Gasteiger partial charge in [-0.25, -0.2) is 0 Å². The van der Waals surface area contributed by atoms with Gasteiger partial charge in [0.05, 0.1) is 0 Å². The number of rotatable bonds is 4. The standard InChI is InChI=1S/C11H14OS2/c1-4-10(12)9-7-8(13-2)5-6-11(9)14-3/h5-7H,4H2,1-3H3. The van der Waals surface area contributed by atoms with Crippen LogP contribution in [0.4, 0.5) is 0 Å². The molecule has 0 saturated carbocycles. The highest BCUT2D eigenvalue weighted by Gasteiger charge is 2.09. The number of Topliss-reactive ketones (excluding diaryl/α,β-unsaturated/α-hetero) is 1. The molecular weight excluding hydrogens is 212 g/mol. The highest BCUT2D eigenvalue weighted by atomic mass is 32.2. The van der Waals surface area contributed by atoms with Gasteiger partial charge in [0.25, 0.3) is 0 Å². The molecule has 0 N–H and O–H groups in total. The van der Waals surface area contributed by atoms with Crippen molar-refractivity contribution in [3.8, 4) is 0 Å². The topological polar surface area (TPSA) is 17.1 Å². The molecule has 0 aliphatic rings. The van der Waals surface area contributed by atoms with E-state index >= 15 is 0 Å². The van der Waals surface area contributed by atoms with Gasteiger partial charge in [-0.05, 0) is 30.7 Å². The van der Waals surface area contributed by atoms with Crippen molar-refractivity contribution >= 4 is 29.3 Å². The molecule has 0 atom stereocenters. The van der Waals surface area contributed by atoms with Gasteiger partial charge >= 0.3 is 0 Å². The predicted molar refractivity (Wildman–Crippen MR) is 64.6 cm³/mol. The largest absolute Gasteiger partial charge is 0.294 e. The van der Waals surface area contributed by atoms with E-state index in [1.165, 1.54) is 0 Å². The van der Waals surface area contributed by atoms with Gasteiger partial charge in [-0.3, -0.25) is 4.79 Å². The van der Waals surface area contributed by atoms with Crippen LogP contribution in [0, 0.1) is 0 Å². The van der Waals surface area contributed by atoms with E-state index in [0.717, 1.165) is 15.4 Å². The summed E-state index contributed by atoms with van der Waals surface area (Å²) in [5.41, 5.74) is 0.867. The number of thioether (sulfide) groups is 2. The summed E-state index contributed by atoms with van der Waals surface area (Å²) in [6.45, 7) is 1.90. The molecule has 0 aliphatic carbocycles. The van der Waals surface area contributed by atoms with Crippen LogP contribution in [0.2, 0.25) is 0 Å². The molecule has 1 aromatic carbocycles. The van der Waals surface area contributed by atoms with E-state index in [9.17, 15) is 4.79 Å². The highest BCUT2D eigenvalue weighted by Crippen LogP contribution is 2.26. The molecule has 0 bridgehead atoms. The Hall–Kier alpha value is -0.410. The predicted octanol–water partition coefficient (Wildman–Crippen LogP) is 3.72. The third kappa shape index (κ3) is 2.55. The minimum Gasteiger partial charge on any atom is -0.294 e. The van der Waals surface area contributed by atoms with Crippen LogP contribution in [0.3, 0.4) is 0 Å². The Morgan fingerprint density at radius 1 is 1.29 bits per heavy atom. The molecule has 1 rings (SSSR count). The van der Waals surface area contributed by atoms with E-state index < -0.39 is 0 Å². The monoisotopic (exact) mass is 226 g/mol. The summed E-state index contributed by atoms with van der Waals surface area (Å²) in [5.74, 6) is 0.227. The summed E-state index contributed by atoms with van der Waals surface area (Å²) in [7, 11) is 0. The van der Waals surface area contributed by atoms with Gasteiger partial charge in [0.2, 0.25) is 0 Å². The molecule has 0 radical (unpaired) electrons. The first-order chi connectivity index (χ1) is 6.72. The maximum atomic E-state index is 11.6. The number of benzene rings is 1. The van der Waals surface area contributed by atoms with Crippen molar-refractivity contribution in [2.24, 2.45) is 0 Å². The molecule has 0 spiro atoms. The molecule has 14 heavy (non-hydrogen) atoms. The van der Waals surface area contributed by atoms with E-state index in [1.807, 2.05) is 31.6 Å². The van der Waals surface area contributed by atoms with Gasteiger partial charge in [-0.1, -0.05) is 6.92 Å². The second-order valence-electron chi connectivity index (χ2n) is 2.84. The lowest BCUT2D eigenvalue weighted by molar-refractivity contribution is 0.0985. The third-order valence-corrected chi connectivity index (χ3v) is 3.55. The summed E-state index contributed by atoms with van der Waals surface area (Å²) >= 11 is 3.30. The molecule has 1 nitrogen and oxygen atoms in total. The molecule has 0 aliphatic heterocycles. The van der Waals surface area contributed by atoms with Crippen molar-refractivity contribution in [1.82, 2.24) is 0 Å². The fourth-order valence-corrected chi connectivity index (χ4v) is 2.26. The van der Waals surface area contributed by atoms with Crippen LogP contribution >= 0.6 is 23.5 Å². The maximum Gasteiger partial charge on any atom is 0.163 e. The van der Waals surface area contributed by atoms with E-state index in [4.69, 9.17) is 0 Å². The molecule has 0 saturated heterocycles. The fourth-order valence-electron chi connectivity index (χ4n) is 1.22. The third-order valence-electron chi connectivity index (χ3n) is 2.03. The second-order valence-corrected chi connectivity index (χ2v) is 4.57. The van der Waals surface area contributed by atoms with Crippen molar-refractivity contribution in [3.05, 3.63) is 23.8 Å². The first-order valence-electron chi connectivity index (χ1n) is 4.48. The molecular formula is C11H14OS2.